The maximum Gasteiger partial charge on any atom is 0.193 e. The second-order valence-electron chi connectivity index (χ2n) is 5.65. The molecule has 0 aliphatic carbocycles. The summed E-state index contributed by atoms with van der Waals surface area (Å²) in [6.07, 6.45) is 1.84. The molecule has 25 heavy (non-hydrogen) atoms. The molecule has 142 valence electrons. The smallest absolute Gasteiger partial charge is 0.193 e. The minimum absolute atomic E-state index is 0.754. The van der Waals surface area contributed by atoms with E-state index < -0.39 is 0 Å². The Morgan fingerprint density at radius 2 is 1.92 bits per heavy atom. The van der Waals surface area contributed by atoms with Gasteiger partial charge >= 0.3 is 0 Å². The molecule has 1 aromatic carbocycles. The third kappa shape index (κ3) is 7.65. The van der Waals surface area contributed by atoms with Crippen molar-refractivity contribution in [3.63, 3.8) is 0 Å². The number of nitrogens with one attached hydrogen (secondary N) is 1. The highest BCUT2D eigenvalue weighted by Crippen LogP contribution is 2.27. The minimum Gasteiger partial charge on any atom is -0.493 e. The van der Waals surface area contributed by atoms with Gasteiger partial charge in [-0.05, 0) is 44.4 Å². The molecule has 0 amide bonds. The third-order valence-electron chi connectivity index (χ3n) is 3.79. The highest BCUT2D eigenvalue weighted by Gasteiger charge is 2.08. The Balaban J connectivity index is 2.58. The number of ether oxygens (including phenoxy) is 3. The van der Waals surface area contributed by atoms with Crippen LogP contribution in [0.2, 0.25) is 0 Å². The van der Waals surface area contributed by atoms with E-state index in [0.29, 0.717) is 0 Å². The van der Waals surface area contributed by atoms with Crippen LogP contribution < -0.4 is 14.8 Å². The maximum absolute atomic E-state index is 5.37. The van der Waals surface area contributed by atoms with Crippen LogP contribution in [0.1, 0.15) is 25.8 Å². The average Bonchev–Trinajstić information content (AvgIpc) is 2.64. The number of benzene rings is 1. The van der Waals surface area contributed by atoms with Crippen LogP contribution in [0.4, 0.5) is 0 Å². The Bertz CT molecular complexity index is 521. The van der Waals surface area contributed by atoms with E-state index in [1.54, 1.807) is 14.2 Å². The molecule has 0 aromatic heterocycles. The van der Waals surface area contributed by atoms with Crippen molar-refractivity contribution in [2.45, 2.75) is 26.7 Å². The van der Waals surface area contributed by atoms with Crippen LogP contribution in [0.3, 0.4) is 0 Å². The van der Waals surface area contributed by atoms with Gasteiger partial charge in [0.1, 0.15) is 0 Å². The summed E-state index contributed by atoms with van der Waals surface area (Å²) < 4.78 is 16.0. The van der Waals surface area contributed by atoms with Crippen LogP contribution >= 0.6 is 0 Å². The predicted molar refractivity (Wildman–Crippen MR) is 103 cm³/mol. The zero-order chi connectivity index (χ0) is 18.5. The fourth-order valence-electron chi connectivity index (χ4n) is 2.40. The number of rotatable bonds is 11. The molecule has 0 aliphatic heterocycles. The Kier molecular flexibility index (Phi) is 10.5. The number of guanidine groups is 1. The lowest BCUT2D eigenvalue weighted by molar-refractivity contribution is 0.146. The van der Waals surface area contributed by atoms with Gasteiger partial charge in [-0.3, -0.25) is 4.99 Å². The van der Waals surface area contributed by atoms with E-state index in [1.807, 2.05) is 19.1 Å². The molecule has 0 spiro atoms. The molecule has 0 aliphatic rings. The van der Waals surface area contributed by atoms with Crippen LogP contribution in [0, 0.1) is 0 Å². The van der Waals surface area contributed by atoms with Crippen LogP contribution in [-0.2, 0) is 11.2 Å². The average molecular weight is 351 g/mol. The topological polar surface area (TPSA) is 55.3 Å². The Morgan fingerprint density at radius 3 is 2.56 bits per heavy atom. The van der Waals surface area contributed by atoms with Gasteiger partial charge in [0.25, 0.3) is 0 Å². The second-order valence-corrected chi connectivity index (χ2v) is 5.65. The fourth-order valence-corrected chi connectivity index (χ4v) is 2.40. The van der Waals surface area contributed by atoms with Crippen molar-refractivity contribution in [1.82, 2.24) is 10.2 Å². The molecule has 0 saturated carbocycles. The van der Waals surface area contributed by atoms with Gasteiger partial charge in [-0.2, -0.15) is 0 Å². The molecule has 1 N–H and O–H groups in total. The monoisotopic (exact) mass is 351 g/mol. The van der Waals surface area contributed by atoms with Crippen molar-refractivity contribution < 1.29 is 14.2 Å². The summed E-state index contributed by atoms with van der Waals surface area (Å²) in [5, 5.41) is 3.34. The van der Waals surface area contributed by atoms with E-state index in [1.165, 1.54) is 5.56 Å². The normalized spacial score (nSPS) is 11.3. The third-order valence-corrected chi connectivity index (χ3v) is 3.79. The van der Waals surface area contributed by atoms with Gasteiger partial charge < -0.3 is 24.4 Å². The molecule has 6 nitrogen and oxygen atoms in total. The van der Waals surface area contributed by atoms with Crippen LogP contribution in [0.15, 0.2) is 23.2 Å². The van der Waals surface area contributed by atoms with Crippen LogP contribution in [-0.4, -0.2) is 65.0 Å². The van der Waals surface area contributed by atoms with Gasteiger partial charge in [0.2, 0.25) is 0 Å². The van der Waals surface area contributed by atoms with Crippen molar-refractivity contribution in [3.05, 3.63) is 23.8 Å². The molecule has 0 saturated heterocycles. The summed E-state index contributed by atoms with van der Waals surface area (Å²) in [5.41, 5.74) is 1.21. The standard InChI is InChI=1S/C19H33N3O3/c1-6-20-19(21-12-8-14-25-7-2)22(3)13-11-16-9-10-17(23-4)18(15-16)24-5/h9-10,15H,6-8,11-14H2,1-5H3,(H,20,21). The number of nitrogens with zero attached hydrogens (tertiary/aromatic N) is 2. The van der Waals surface area contributed by atoms with E-state index in [-0.39, 0.29) is 0 Å². The molecule has 0 heterocycles. The number of likely N-dealkylation sites (N-methyl/N-ethyl adjacent to an activating group) is 1. The van der Waals surface area contributed by atoms with Crippen LogP contribution in [0.25, 0.3) is 0 Å². The quantitative estimate of drug-likeness (QED) is 0.377. The highest BCUT2D eigenvalue weighted by atomic mass is 16.5. The summed E-state index contributed by atoms with van der Waals surface area (Å²) >= 11 is 0. The van der Waals surface area contributed by atoms with E-state index in [0.717, 1.165) is 63.1 Å². The van der Waals surface area contributed by atoms with E-state index in [9.17, 15) is 0 Å². The van der Waals surface area contributed by atoms with Gasteiger partial charge in [-0.25, -0.2) is 0 Å². The zero-order valence-corrected chi connectivity index (χ0v) is 16.3. The van der Waals surface area contributed by atoms with Gasteiger partial charge in [0.15, 0.2) is 17.5 Å². The number of hydrogen-bond donors (Lipinski definition) is 1. The number of methoxy groups -OCH3 is 2. The molecule has 6 heteroatoms. The molecule has 1 rings (SSSR count). The Labute approximate surface area is 152 Å². The molecule has 0 unspecified atom stereocenters. The highest BCUT2D eigenvalue weighted by molar-refractivity contribution is 5.79. The fraction of sp³-hybridized carbons (Fsp3) is 0.632. The molecule has 1 aromatic rings. The van der Waals surface area contributed by atoms with E-state index >= 15 is 0 Å². The van der Waals surface area contributed by atoms with Crippen molar-refractivity contribution in [3.8, 4) is 11.5 Å². The minimum atomic E-state index is 0.754. The van der Waals surface area contributed by atoms with Crippen molar-refractivity contribution in [2.75, 3.05) is 54.1 Å². The van der Waals surface area contributed by atoms with E-state index in [2.05, 4.69) is 35.2 Å². The molecular formula is C19H33N3O3. The molecular weight excluding hydrogens is 318 g/mol. The second kappa shape index (κ2) is 12.4. The lowest BCUT2D eigenvalue weighted by Gasteiger charge is -2.22. The first-order valence-electron chi connectivity index (χ1n) is 8.94. The van der Waals surface area contributed by atoms with Gasteiger partial charge in [0, 0.05) is 39.9 Å². The summed E-state index contributed by atoms with van der Waals surface area (Å²) in [6, 6.07) is 6.04. The van der Waals surface area contributed by atoms with Crippen molar-refractivity contribution in [2.24, 2.45) is 4.99 Å². The summed E-state index contributed by atoms with van der Waals surface area (Å²) in [6.45, 7) is 8.09. The van der Waals surface area contributed by atoms with Gasteiger partial charge in [-0.1, -0.05) is 6.07 Å². The number of hydrogen-bond acceptors (Lipinski definition) is 4. The van der Waals surface area contributed by atoms with Crippen LogP contribution in [0.5, 0.6) is 11.5 Å². The molecule has 0 bridgehead atoms. The van der Waals surface area contributed by atoms with E-state index in [4.69, 9.17) is 14.2 Å². The largest absolute Gasteiger partial charge is 0.493 e. The maximum atomic E-state index is 5.37. The summed E-state index contributed by atoms with van der Waals surface area (Å²) in [4.78, 5) is 6.82. The number of aliphatic imine (C=N–C) groups is 1. The van der Waals surface area contributed by atoms with Crippen molar-refractivity contribution in [1.29, 1.82) is 0 Å². The van der Waals surface area contributed by atoms with Gasteiger partial charge in [0.05, 0.1) is 14.2 Å². The lowest BCUT2D eigenvalue weighted by Crippen LogP contribution is -2.40. The first-order valence-corrected chi connectivity index (χ1v) is 8.94. The zero-order valence-electron chi connectivity index (χ0n) is 16.3. The molecule has 0 fully saturated rings. The summed E-state index contributed by atoms with van der Waals surface area (Å²) in [7, 11) is 5.37. The van der Waals surface area contributed by atoms with Gasteiger partial charge in [-0.15, -0.1) is 0 Å². The Morgan fingerprint density at radius 1 is 1.16 bits per heavy atom. The SMILES string of the molecule is CCNC(=NCCCOCC)N(C)CCc1ccc(OC)c(OC)c1. The Hall–Kier alpha value is -1.95. The predicted octanol–water partition coefficient (Wildman–Crippen LogP) is 2.57. The molecule has 0 radical (unpaired) electrons. The first kappa shape index (κ1) is 21.1. The van der Waals surface area contributed by atoms with Crippen molar-refractivity contribution >= 4 is 5.96 Å². The summed E-state index contributed by atoms with van der Waals surface area (Å²) in [5.74, 6) is 2.45. The lowest BCUT2D eigenvalue weighted by atomic mass is 10.1. The first-order chi connectivity index (χ1) is 12.2. The molecule has 0 atom stereocenters.